The molecule has 0 atom stereocenters. The summed E-state index contributed by atoms with van der Waals surface area (Å²) in [6.07, 6.45) is -1.35. The number of fused-ring (bicyclic) bond motifs is 1. The molecule has 0 fully saturated rings. The van der Waals surface area contributed by atoms with E-state index in [1.54, 1.807) is 30.3 Å². The molecule has 0 radical (unpaired) electrons. The minimum atomic E-state index is -2.87. The second-order valence-electron chi connectivity index (χ2n) is 6.59. The molecule has 3 heterocycles. The van der Waals surface area contributed by atoms with Gasteiger partial charge in [-0.15, -0.1) is 10.2 Å². The summed E-state index contributed by atoms with van der Waals surface area (Å²) in [4.78, 5) is 14.6. The van der Waals surface area contributed by atoms with Crippen LogP contribution in [0.1, 0.15) is 28.2 Å². The van der Waals surface area contributed by atoms with E-state index in [4.69, 9.17) is 4.42 Å². The van der Waals surface area contributed by atoms with Gasteiger partial charge in [-0.1, -0.05) is 12.1 Å². The van der Waals surface area contributed by atoms with E-state index >= 15 is 0 Å². The molecule has 5 rings (SSSR count). The smallest absolute Gasteiger partial charge is 0.314 e. The molecule has 1 amide bonds. The maximum atomic E-state index is 13.6. The number of hydrogen-bond acceptors (Lipinski definition) is 5. The predicted molar refractivity (Wildman–Crippen MR) is 98.7 cm³/mol. The van der Waals surface area contributed by atoms with Gasteiger partial charge in [-0.2, -0.15) is 13.9 Å². The summed E-state index contributed by atoms with van der Waals surface area (Å²) in [6, 6.07) is 12.4. The third-order valence-electron chi connectivity index (χ3n) is 4.74. The summed E-state index contributed by atoms with van der Waals surface area (Å²) >= 11 is 0. The number of aromatic nitrogens is 4. The van der Waals surface area contributed by atoms with Crippen molar-refractivity contribution in [3.8, 4) is 17.1 Å². The number of anilines is 1. The first-order valence-electron chi connectivity index (χ1n) is 8.88. The number of rotatable bonds is 4. The van der Waals surface area contributed by atoms with E-state index in [1.807, 2.05) is 0 Å². The summed E-state index contributed by atoms with van der Waals surface area (Å²) in [5.41, 5.74) is 1.97. The van der Waals surface area contributed by atoms with Gasteiger partial charge in [0.05, 0.1) is 18.4 Å². The van der Waals surface area contributed by atoms with E-state index in [-0.39, 0.29) is 18.3 Å². The topological polar surface area (TPSA) is 77.1 Å². The summed E-state index contributed by atoms with van der Waals surface area (Å²) < 4.78 is 45.5. The quantitative estimate of drug-likeness (QED) is 0.504. The largest absolute Gasteiger partial charge is 0.415 e. The highest BCUT2D eigenvalue weighted by molar-refractivity contribution is 6.10. The lowest BCUT2D eigenvalue weighted by Gasteiger charge is -2.17. The number of carbonyl (C=O) groups excluding carboxylic acids is 1. The van der Waals surface area contributed by atoms with Crippen LogP contribution in [0.15, 0.2) is 59.1 Å². The molecule has 30 heavy (non-hydrogen) atoms. The van der Waals surface area contributed by atoms with Gasteiger partial charge in [0.15, 0.2) is 0 Å². The minimum absolute atomic E-state index is 0.0934. The molecule has 2 aromatic heterocycles. The molecule has 0 aliphatic carbocycles. The van der Waals surface area contributed by atoms with Gasteiger partial charge in [0, 0.05) is 17.2 Å². The van der Waals surface area contributed by atoms with Crippen LogP contribution >= 0.6 is 0 Å². The standard InChI is InChI=1S/C20H12F3N5O2/c21-13-2-1-3-14(9-13)28-16(6-7-24-28)27-10-12-5-4-11(8-15(12)20(27)29)18-25-26-19(30-18)17(22)23/h1-9,17H,10H2. The SMILES string of the molecule is O=C1c2cc(-c3nnc(C(F)F)o3)ccc2CN1c1ccnn1-c1cccc(F)c1. The van der Waals surface area contributed by atoms with Crippen LogP contribution in [0.2, 0.25) is 0 Å². The van der Waals surface area contributed by atoms with Crippen LogP contribution in [0.5, 0.6) is 0 Å². The van der Waals surface area contributed by atoms with Gasteiger partial charge < -0.3 is 4.42 Å². The van der Waals surface area contributed by atoms with Gasteiger partial charge in [-0.05, 0) is 35.9 Å². The van der Waals surface area contributed by atoms with Crippen LogP contribution in [0.4, 0.5) is 19.0 Å². The fraction of sp³-hybridized carbons (Fsp3) is 0.100. The van der Waals surface area contributed by atoms with Crippen molar-refractivity contribution in [3.63, 3.8) is 0 Å². The van der Waals surface area contributed by atoms with Gasteiger partial charge in [0.1, 0.15) is 11.6 Å². The van der Waals surface area contributed by atoms with Gasteiger partial charge in [0.25, 0.3) is 11.8 Å². The Balaban J connectivity index is 1.49. The zero-order valence-corrected chi connectivity index (χ0v) is 15.2. The van der Waals surface area contributed by atoms with Crippen molar-refractivity contribution in [1.82, 2.24) is 20.0 Å². The fourth-order valence-corrected chi connectivity index (χ4v) is 3.37. The zero-order valence-electron chi connectivity index (χ0n) is 15.2. The fourth-order valence-electron chi connectivity index (χ4n) is 3.37. The number of halogens is 3. The molecule has 7 nitrogen and oxygen atoms in total. The Labute approximate surface area is 167 Å². The highest BCUT2D eigenvalue weighted by Gasteiger charge is 2.31. The van der Waals surface area contributed by atoms with Crippen molar-refractivity contribution in [2.75, 3.05) is 4.90 Å². The molecule has 4 aromatic rings. The summed E-state index contributed by atoms with van der Waals surface area (Å²) in [5.74, 6) is -1.13. The van der Waals surface area contributed by atoms with Crippen molar-refractivity contribution < 1.29 is 22.4 Å². The molecule has 0 saturated heterocycles. The number of nitrogens with zero attached hydrogens (tertiary/aromatic N) is 5. The van der Waals surface area contributed by atoms with Crippen LogP contribution in [-0.4, -0.2) is 25.9 Å². The van der Waals surface area contributed by atoms with Crippen molar-refractivity contribution in [1.29, 1.82) is 0 Å². The number of amides is 1. The first-order chi connectivity index (χ1) is 14.5. The van der Waals surface area contributed by atoms with Crippen LogP contribution in [0.3, 0.4) is 0 Å². The molecule has 0 unspecified atom stereocenters. The van der Waals surface area contributed by atoms with Gasteiger partial charge >= 0.3 is 6.43 Å². The molecule has 0 N–H and O–H groups in total. The Morgan fingerprint density at radius 2 is 1.93 bits per heavy atom. The van der Waals surface area contributed by atoms with Crippen molar-refractivity contribution in [2.24, 2.45) is 0 Å². The zero-order chi connectivity index (χ0) is 20.8. The second kappa shape index (κ2) is 6.83. The summed E-state index contributed by atoms with van der Waals surface area (Å²) in [7, 11) is 0. The highest BCUT2D eigenvalue weighted by Crippen LogP contribution is 2.33. The molecular weight excluding hydrogens is 399 g/mol. The lowest BCUT2D eigenvalue weighted by atomic mass is 10.1. The average molecular weight is 411 g/mol. The molecule has 1 aliphatic rings. The number of hydrogen-bond donors (Lipinski definition) is 0. The molecule has 10 heteroatoms. The van der Waals surface area contributed by atoms with Crippen molar-refractivity contribution >= 4 is 11.7 Å². The Bertz CT molecular complexity index is 1270. The number of alkyl halides is 2. The van der Waals surface area contributed by atoms with E-state index < -0.39 is 18.1 Å². The lowest BCUT2D eigenvalue weighted by molar-refractivity contribution is 0.0995. The second-order valence-corrected chi connectivity index (χ2v) is 6.59. The molecular formula is C20H12F3N5O2. The van der Waals surface area contributed by atoms with E-state index in [9.17, 15) is 18.0 Å². The van der Waals surface area contributed by atoms with Gasteiger partial charge in [-0.3, -0.25) is 9.69 Å². The van der Waals surface area contributed by atoms with Crippen molar-refractivity contribution in [3.05, 3.63) is 77.6 Å². The molecule has 0 saturated carbocycles. The molecule has 1 aliphatic heterocycles. The Morgan fingerprint density at radius 1 is 1.07 bits per heavy atom. The maximum Gasteiger partial charge on any atom is 0.314 e. The third kappa shape index (κ3) is 2.93. The monoisotopic (exact) mass is 411 g/mol. The predicted octanol–water partition coefficient (Wildman–Crippen LogP) is 4.16. The summed E-state index contributed by atoms with van der Waals surface area (Å²) in [5, 5.41) is 11.1. The van der Waals surface area contributed by atoms with E-state index in [0.717, 1.165) is 5.56 Å². The molecule has 150 valence electrons. The van der Waals surface area contributed by atoms with Crippen LogP contribution in [-0.2, 0) is 6.54 Å². The van der Waals surface area contributed by atoms with Gasteiger partial charge in [-0.25, -0.2) is 9.07 Å². The first kappa shape index (κ1) is 18.1. The molecule has 0 spiro atoms. The minimum Gasteiger partial charge on any atom is -0.415 e. The third-order valence-corrected chi connectivity index (χ3v) is 4.74. The Kier molecular flexibility index (Phi) is 4.12. The number of carbonyl (C=O) groups is 1. The van der Waals surface area contributed by atoms with E-state index in [1.165, 1.54) is 34.0 Å². The van der Waals surface area contributed by atoms with Crippen molar-refractivity contribution in [2.45, 2.75) is 13.0 Å². The van der Waals surface area contributed by atoms with Crippen LogP contribution < -0.4 is 4.90 Å². The normalized spacial score (nSPS) is 13.3. The van der Waals surface area contributed by atoms with E-state index in [2.05, 4.69) is 15.3 Å². The highest BCUT2D eigenvalue weighted by atomic mass is 19.3. The van der Waals surface area contributed by atoms with Crippen LogP contribution in [0, 0.1) is 5.82 Å². The molecule has 0 bridgehead atoms. The maximum absolute atomic E-state index is 13.6. The number of benzene rings is 2. The Hall–Kier alpha value is -3.95. The van der Waals surface area contributed by atoms with E-state index in [0.29, 0.717) is 22.6 Å². The van der Waals surface area contributed by atoms with Gasteiger partial charge in [0.2, 0.25) is 5.89 Å². The first-order valence-corrected chi connectivity index (χ1v) is 8.88. The molecule has 2 aromatic carbocycles. The average Bonchev–Trinajstić information content (AvgIpc) is 3.46. The summed E-state index contributed by atoms with van der Waals surface area (Å²) in [6.45, 7) is 0.279. The lowest BCUT2D eigenvalue weighted by Crippen LogP contribution is -2.25. The Morgan fingerprint density at radius 3 is 2.70 bits per heavy atom. The van der Waals surface area contributed by atoms with Crippen LogP contribution in [0.25, 0.3) is 17.1 Å².